The number of hydrogen-bond donors (Lipinski definition) is 0. The van der Waals surface area contributed by atoms with Crippen LogP contribution in [0, 0.1) is 0 Å². The van der Waals surface area contributed by atoms with Crippen molar-refractivity contribution >= 4 is 62.0 Å². The smallest absolute Gasteiger partial charge is 0.266 e. The summed E-state index contributed by atoms with van der Waals surface area (Å²) in [5.41, 5.74) is 10.2. The second kappa shape index (κ2) is 7.61. The Bertz CT molecular complexity index is 2110. The van der Waals surface area contributed by atoms with Gasteiger partial charge in [0.2, 0.25) is 0 Å². The SMILES string of the molecule is c1ccc(N2c3cccc4c3B3c5c(cc(-n6c7ccccc7c7ccccc76)cc5Oc5cccc2c53)O4)cc1. The van der Waals surface area contributed by atoms with Gasteiger partial charge >= 0.3 is 0 Å². The molecule has 0 aliphatic carbocycles. The standard InChI is InChI=1S/C36H21BN2O2/c1-2-10-22(11-3-1)38-28-16-8-18-30-34(28)37-35-29(38)17-9-19-31(35)41-33-21-23(20-32(40-30)36(33)37)39-26-14-6-4-12-24(26)25-13-5-7-15-27(25)39/h1-21H. The van der Waals surface area contributed by atoms with E-state index in [1.807, 2.05) is 0 Å². The van der Waals surface area contributed by atoms with E-state index < -0.39 is 0 Å². The fourth-order valence-corrected chi connectivity index (χ4v) is 7.24. The first kappa shape index (κ1) is 21.4. The zero-order valence-corrected chi connectivity index (χ0v) is 21.9. The molecule has 4 heterocycles. The molecule has 1 aromatic heterocycles. The molecule has 3 aliphatic heterocycles. The van der Waals surface area contributed by atoms with Crippen molar-refractivity contribution in [3.63, 3.8) is 0 Å². The molecule has 41 heavy (non-hydrogen) atoms. The summed E-state index contributed by atoms with van der Waals surface area (Å²) in [6.45, 7) is 0.0343. The summed E-state index contributed by atoms with van der Waals surface area (Å²) in [6.07, 6.45) is 0. The Morgan fingerprint density at radius 2 is 0.976 bits per heavy atom. The third-order valence-corrected chi connectivity index (χ3v) is 8.82. The second-order valence-corrected chi connectivity index (χ2v) is 10.9. The summed E-state index contributed by atoms with van der Waals surface area (Å²) >= 11 is 0. The van der Waals surface area contributed by atoms with Crippen molar-refractivity contribution < 1.29 is 9.47 Å². The molecule has 4 nitrogen and oxygen atoms in total. The highest BCUT2D eigenvalue weighted by Gasteiger charge is 2.47. The summed E-state index contributed by atoms with van der Waals surface area (Å²) < 4.78 is 15.9. The van der Waals surface area contributed by atoms with E-state index >= 15 is 0 Å². The van der Waals surface area contributed by atoms with Gasteiger partial charge in [0.1, 0.15) is 23.0 Å². The number of benzene rings is 6. The van der Waals surface area contributed by atoms with Gasteiger partial charge < -0.3 is 18.9 Å². The van der Waals surface area contributed by atoms with Crippen LogP contribution in [0.5, 0.6) is 23.0 Å². The molecule has 0 N–H and O–H groups in total. The largest absolute Gasteiger partial charge is 0.458 e. The first-order valence-electron chi connectivity index (χ1n) is 14.0. The zero-order chi connectivity index (χ0) is 26.7. The number of hydrogen-bond acceptors (Lipinski definition) is 3. The molecule has 7 aromatic rings. The summed E-state index contributed by atoms with van der Waals surface area (Å²) in [7, 11) is 0. The van der Waals surface area contributed by atoms with Gasteiger partial charge in [-0.25, -0.2) is 0 Å². The maximum atomic E-state index is 6.78. The van der Waals surface area contributed by atoms with Crippen LogP contribution in [0.15, 0.2) is 127 Å². The summed E-state index contributed by atoms with van der Waals surface area (Å²) in [6, 6.07) is 44.9. The Morgan fingerprint density at radius 3 is 1.56 bits per heavy atom. The summed E-state index contributed by atoms with van der Waals surface area (Å²) in [5, 5.41) is 2.46. The Hall–Kier alpha value is -5.42. The van der Waals surface area contributed by atoms with Gasteiger partial charge in [0.25, 0.3) is 6.71 Å². The molecule has 0 bridgehead atoms. The molecule has 0 spiro atoms. The quantitative estimate of drug-likeness (QED) is 0.222. The van der Waals surface area contributed by atoms with Crippen molar-refractivity contribution in [3.05, 3.63) is 127 Å². The minimum Gasteiger partial charge on any atom is -0.458 e. The minimum absolute atomic E-state index is 0.0343. The van der Waals surface area contributed by atoms with E-state index in [4.69, 9.17) is 9.47 Å². The molecule has 0 saturated carbocycles. The Labute approximate surface area is 236 Å². The minimum atomic E-state index is 0.0343. The van der Waals surface area contributed by atoms with Crippen LogP contribution in [0.3, 0.4) is 0 Å². The van der Waals surface area contributed by atoms with Crippen LogP contribution in [0.25, 0.3) is 27.5 Å². The van der Waals surface area contributed by atoms with Gasteiger partial charge in [-0.1, -0.05) is 66.7 Å². The number of anilines is 3. The Balaban J connectivity index is 1.26. The molecule has 6 aromatic carbocycles. The lowest BCUT2D eigenvalue weighted by molar-refractivity contribution is 0.464. The van der Waals surface area contributed by atoms with Crippen molar-refractivity contribution in [2.45, 2.75) is 0 Å². The Morgan fingerprint density at radius 1 is 0.439 bits per heavy atom. The average molecular weight is 524 g/mol. The first-order valence-corrected chi connectivity index (χ1v) is 14.0. The number of rotatable bonds is 2. The van der Waals surface area contributed by atoms with E-state index in [2.05, 4.69) is 137 Å². The van der Waals surface area contributed by atoms with Crippen molar-refractivity contribution in [1.29, 1.82) is 0 Å². The number of nitrogens with zero attached hydrogens (tertiary/aromatic N) is 2. The van der Waals surface area contributed by atoms with Gasteiger partial charge in [0.15, 0.2) is 0 Å². The predicted octanol–water partition coefficient (Wildman–Crippen LogP) is 7.29. The van der Waals surface area contributed by atoms with Crippen LogP contribution in [-0.2, 0) is 0 Å². The van der Waals surface area contributed by atoms with Gasteiger partial charge in [0, 0.05) is 45.4 Å². The van der Waals surface area contributed by atoms with Gasteiger partial charge in [-0.05, 0) is 59.5 Å². The maximum Gasteiger partial charge on any atom is 0.266 e. The van der Waals surface area contributed by atoms with E-state index in [9.17, 15) is 0 Å². The molecule has 10 rings (SSSR count). The average Bonchev–Trinajstić information content (AvgIpc) is 3.36. The fourth-order valence-electron chi connectivity index (χ4n) is 7.24. The normalized spacial score (nSPS) is 13.7. The lowest BCUT2D eigenvalue weighted by Crippen LogP contribution is -2.61. The monoisotopic (exact) mass is 524 g/mol. The zero-order valence-electron chi connectivity index (χ0n) is 21.9. The third-order valence-electron chi connectivity index (χ3n) is 8.82. The molecule has 5 heteroatoms. The highest BCUT2D eigenvalue weighted by atomic mass is 16.5. The first-order chi connectivity index (χ1) is 20.3. The van der Waals surface area contributed by atoms with E-state index in [1.165, 1.54) is 21.7 Å². The lowest BCUT2D eigenvalue weighted by Gasteiger charge is -2.42. The molecular weight excluding hydrogens is 503 g/mol. The van der Waals surface area contributed by atoms with E-state index in [0.29, 0.717) is 0 Å². The van der Waals surface area contributed by atoms with Crippen molar-refractivity contribution in [2.75, 3.05) is 4.90 Å². The Kier molecular flexibility index (Phi) is 3.98. The topological polar surface area (TPSA) is 26.6 Å². The molecule has 0 saturated heterocycles. The molecule has 0 fully saturated rings. The van der Waals surface area contributed by atoms with Gasteiger partial charge in [0.05, 0.1) is 16.7 Å². The van der Waals surface area contributed by atoms with Crippen LogP contribution < -0.4 is 30.8 Å². The van der Waals surface area contributed by atoms with Crippen LogP contribution in [-0.4, -0.2) is 11.3 Å². The van der Waals surface area contributed by atoms with E-state index in [1.54, 1.807) is 0 Å². The van der Waals surface area contributed by atoms with E-state index in [0.717, 1.165) is 62.2 Å². The molecular formula is C36H21BN2O2. The van der Waals surface area contributed by atoms with Crippen molar-refractivity contribution in [2.24, 2.45) is 0 Å². The van der Waals surface area contributed by atoms with E-state index in [-0.39, 0.29) is 6.71 Å². The van der Waals surface area contributed by atoms with Crippen LogP contribution in [0.4, 0.5) is 17.1 Å². The number of ether oxygens (including phenoxy) is 2. The highest BCUT2D eigenvalue weighted by molar-refractivity contribution is 7.00. The number of fused-ring (bicyclic) bond motifs is 3. The predicted molar refractivity (Wildman–Crippen MR) is 167 cm³/mol. The molecule has 190 valence electrons. The van der Waals surface area contributed by atoms with Crippen LogP contribution in [0.2, 0.25) is 0 Å². The van der Waals surface area contributed by atoms with Gasteiger partial charge in [-0.3, -0.25) is 0 Å². The van der Waals surface area contributed by atoms with Gasteiger partial charge in [-0.2, -0.15) is 0 Å². The maximum absolute atomic E-state index is 6.78. The summed E-state index contributed by atoms with van der Waals surface area (Å²) in [4.78, 5) is 2.34. The molecule has 0 amide bonds. The lowest BCUT2D eigenvalue weighted by atomic mass is 9.33. The van der Waals surface area contributed by atoms with Crippen LogP contribution in [0.1, 0.15) is 0 Å². The number of aromatic nitrogens is 1. The van der Waals surface area contributed by atoms with Crippen molar-refractivity contribution in [3.8, 4) is 28.7 Å². The number of para-hydroxylation sites is 3. The summed E-state index contributed by atoms with van der Waals surface area (Å²) in [5.74, 6) is 3.49. The second-order valence-electron chi connectivity index (χ2n) is 10.9. The van der Waals surface area contributed by atoms with Crippen LogP contribution >= 0.6 is 0 Å². The molecule has 0 atom stereocenters. The third kappa shape index (κ3) is 2.70. The molecule has 3 aliphatic rings. The molecule has 0 radical (unpaired) electrons. The van der Waals surface area contributed by atoms with Gasteiger partial charge in [-0.15, -0.1) is 0 Å². The molecule has 0 unspecified atom stereocenters. The fraction of sp³-hybridized carbons (Fsp3) is 0. The van der Waals surface area contributed by atoms with Crippen molar-refractivity contribution in [1.82, 2.24) is 4.57 Å². The highest BCUT2D eigenvalue weighted by Crippen LogP contribution is 2.46.